The van der Waals surface area contributed by atoms with E-state index in [4.69, 9.17) is 0 Å². The molecule has 24 heavy (non-hydrogen) atoms. The average molecular weight is 321 g/mol. The van der Waals surface area contributed by atoms with Crippen molar-refractivity contribution in [3.05, 3.63) is 78.4 Å². The Morgan fingerprint density at radius 2 is 1.58 bits per heavy atom. The lowest BCUT2D eigenvalue weighted by molar-refractivity contribution is -0.115. The van der Waals surface area contributed by atoms with E-state index in [0.717, 1.165) is 5.56 Å². The molecule has 0 atom stereocenters. The third kappa shape index (κ3) is 4.04. The van der Waals surface area contributed by atoms with E-state index in [1.165, 1.54) is 17.3 Å². The summed E-state index contributed by atoms with van der Waals surface area (Å²) in [5.41, 5.74) is 4.64. The molecule has 3 aromatic rings. The van der Waals surface area contributed by atoms with Gasteiger partial charge >= 0.3 is 0 Å². The summed E-state index contributed by atoms with van der Waals surface area (Å²) in [4.78, 5) is 24.0. The largest absolute Gasteiger partial charge is 0.326 e. The van der Waals surface area contributed by atoms with Crippen molar-refractivity contribution in [3.63, 3.8) is 0 Å². The lowest BCUT2D eigenvalue weighted by atomic mass is 10.1. The number of carbonyl (C=O) groups excluding carboxylic acids is 2. The van der Waals surface area contributed by atoms with Gasteiger partial charge in [-0.25, -0.2) is 4.68 Å². The fourth-order valence-electron chi connectivity index (χ4n) is 2.13. The predicted molar refractivity (Wildman–Crippen MR) is 88.9 cm³/mol. The Kier molecular flexibility index (Phi) is 4.62. The second-order valence-corrected chi connectivity index (χ2v) is 5.10. The van der Waals surface area contributed by atoms with Crippen LogP contribution in [0.3, 0.4) is 0 Å². The first-order valence-electron chi connectivity index (χ1n) is 7.30. The topological polar surface area (TPSA) is 88.9 Å². The van der Waals surface area contributed by atoms with Gasteiger partial charge in [0.1, 0.15) is 12.7 Å². The van der Waals surface area contributed by atoms with Crippen LogP contribution in [0.25, 0.3) is 0 Å². The Morgan fingerprint density at radius 1 is 0.917 bits per heavy atom. The van der Waals surface area contributed by atoms with Gasteiger partial charge in [0.2, 0.25) is 5.91 Å². The molecule has 1 aromatic heterocycles. The maximum atomic E-state index is 12.0. The summed E-state index contributed by atoms with van der Waals surface area (Å²) in [6, 6.07) is 16.1. The molecule has 7 nitrogen and oxygen atoms in total. The van der Waals surface area contributed by atoms with E-state index in [1.807, 2.05) is 30.3 Å². The molecule has 0 saturated heterocycles. The molecule has 1 heterocycles. The third-order valence-electron chi connectivity index (χ3n) is 3.29. The van der Waals surface area contributed by atoms with Gasteiger partial charge in [-0.15, -0.1) is 10.2 Å². The van der Waals surface area contributed by atoms with Gasteiger partial charge in [0.25, 0.3) is 5.91 Å². The fraction of sp³-hybridized carbons (Fsp3) is 0.0588. The quantitative estimate of drug-likeness (QED) is 0.750. The first kappa shape index (κ1) is 15.4. The monoisotopic (exact) mass is 321 g/mol. The lowest BCUT2D eigenvalue weighted by Gasteiger charge is -2.07. The van der Waals surface area contributed by atoms with Gasteiger partial charge in [0.15, 0.2) is 0 Å². The van der Waals surface area contributed by atoms with Crippen LogP contribution in [0.1, 0.15) is 15.9 Å². The zero-order chi connectivity index (χ0) is 16.8. The molecular weight excluding hydrogens is 306 g/mol. The molecule has 3 rings (SSSR count). The van der Waals surface area contributed by atoms with Gasteiger partial charge in [-0.3, -0.25) is 15.0 Å². The van der Waals surface area contributed by atoms with Crippen LogP contribution in [-0.4, -0.2) is 26.7 Å². The summed E-state index contributed by atoms with van der Waals surface area (Å²) in [7, 11) is 0. The highest BCUT2D eigenvalue weighted by Gasteiger charge is 2.07. The number of rotatable bonds is 5. The average Bonchev–Trinajstić information content (AvgIpc) is 3.09. The highest BCUT2D eigenvalue weighted by atomic mass is 16.2. The number of nitrogens with one attached hydrogen (secondary N) is 2. The Bertz CT molecular complexity index is 814. The summed E-state index contributed by atoms with van der Waals surface area (Å²) >= 11 is 0. The number of amides is 2. The number of nitrogens with zero attached hydrogens (tertiary/aromatic N) is 3. The molecular formula is C17H15N5O2. The van der Waals surface area contributed by atoms with Crippen molar-refractivity contribution in [3.8, 4) is 0 Å². The minimum Gasteiger partial charge on any atom is -0.326 e. The molecule has 0 fully saturated rings. The van der Waals surface area contributed by atoms with Crippen LogP contribution in [-0.2, 0) is 11.2 Å². The minimum atomic E-state index is -0.294. The van der Waals surface area contributed by atoms with Crippen LogP contribution in [0.5, 0.6) is 0 Å². The van der Waals surface area contributed by atoms with Gasteiger partial charge in [-0.05, 0) is 29.8 Å². The molecule has 0 aliphatic carbocycles. The van der Waals surface area contributed by atoms with Crippen molar-refractivity contribution < 1.29 is 9.59 Å². The summed E-state index contributed by atoms with van der Waals surface area (Å²) in [6.45, 7) is 0. The van der Waals surface area contributed by atoms with Gasteiger partial charge in [0.05, 0.1) is 6.42 Å². The number of anilines is 1. The summed E-state index contributed by atoms with van der Waals surface area (Å²) in [5, 5.41) is 10.0. The van der Waals surface area contributed by atoms with Crippen molar-refractivity contribution >= 4 is 17.5 Å². The normalized spacial score (nSPS) is 10.2. The smallest absolute Gasteiger partial charge is 0.270 e. The van der Waals surface area contributed by atoms with E-state index >= 15 is 0 Å². The van der Waals surface area contributed by atoms with E-state index in [2.05, 4.69) is 20.9 Å². The van der Waals surface area contributed by atoms with Crippen LogP contribution in [0, 0.1) is 0 Å². The maximum absolute atomic E-state index is 12.0. The first-order valence-corrected chi connectivity index (χ1v) is 7.30. The zero-order valence-corrected chi connectivity index (χ0v) is 12.7. The standard InChI is InChI=1S/C17H15N5O2/c23-16(10-13-4-2-1-3-5-13)20-15-8-6-14(7-9-15)17(24)21-22-11-18-19-12-22/h1-9,11-12H,10H2,(H,20,23)(H,21,24). The number of hydrogen-bond donors (Lipinski definition) is 2. The minimum absolute atomic E-state index is 0.108. The molecule has 7 heteroatoms. The second kappa shape index (κ2) is 7.19. The van der Waals surface area contributed by atoms with Crippen molar-refractivity contribution in [2.24, 2.45) is 0 Å². The fourth-order valence-corrected chi connectivity index (χ4v) is 2.13. The maximum Gasteiger partial charge on any atom is 0.270 e. The molecule has 0 saturated carbocycles. The van der Waals surface area contributed by atoms with E-state index in [-0.39, 0.29) is 11.8 Å². The summed E-state index contributed by atoms with van der Waals surface area (Å²) in [5.74, 6) is -0.403. The molecule has 0 radical (unpaired) electrons. The molecule has 0 spiro atoms. The molecule has 2 aromatic carbocycles. The van der Waals surface area contributed by atoms with Crippen LogP contribution in [0.2, 0.25) is 0 Å². The van der Waals surface area contributed by atoms with Crippen molar-refractivity contribution in [1.82, 2.24) is 14.9 Å². The SMILES string of the molecule is O=C(Cc1ccccc1)Nc1ccc(C(=O)Nn2cnnc2)cc1. The van der Waals surface area contributed by atoms with Crippen LogP contribution >= 0.6 is 0 Å². The second-order valence-electron chi connectivity index (χ2n) is 5.10. The Morgan fingerprint density at radius 3 is 2.25 bits per heavy atom. The van der Waals surface area contributed by atoms with Gasteiger partial charge < -0.3 is 5.32 Å². The molecule has 0 aliphatic heterocycles. The van der Waals surface area contributed by atoms with Crippen molar-refractivity contribution in [2.75, 3.05) is 10.7 Å². The van der Waals surface area contributed by atoms with Crippen molar-refractivity contribution in [2.45, 2.75) is 6.42 Å². The molecule has 120 valence electrons. The lowest BCUT2D eigenvalue weighted by Crippen LogP contribution is -2.21. The predicted octanol–water partition coefficient (Wildman–Crippen LogP) is 1.84. The Labute approximate surface area is 138 Å². The molecule has 2 N–H and O–H groups in total. The third-order valence-corrected chi connectivity index (χ3v) is 3.29. The van der Waals surface area contributed by atoms with E-state index in [1.54, 1.807) is 24.3 Å². The van der Waals surface area contributed by atoms with Crippen LogP contribution in [0.15, 0.2) is 67.3 Å². The highest BCUT2D eigenvalue weighted by Crippen LogP contribution is 2.11. The van der Waals surface area contributed by atoms with Crippen molar-refractivity contribution in [1.29, 1.82) is 0 Å². The summed E-state index contributed by atoms with van der Waals surface area (Å²) < 4.78 is 1.36. The molecule has 0 bridgehead atoms. The highest BCUT2D eigenvalue weighted by molar-refractivity contribution is 6.00. The van der Waals surface area contributed by atoms with Crippen LogP contribution in [0.4, 0.5) is 5.69 Å². The number of aromatic nitrogens is 3. The number of hydrogen-bond acceptors (Lipinski definition) is 4. The van der Waals surface area contributed by atoms with E-state index in [9.17, 15) is 9.59 Å². The summed E-state index contributed by atoms with van der Waals surface area (Å²) in [6.07, 6.45) is 3.07. The Balaban J connectivity index is 1.58. The van der Waals surface area contributed by atoms with Crippen LogP contribution < -0.4 is 10.7 Å². The van der Waals surface area contributed by atoms with Gasteiger partial charge in [-0.1, -0.05) is 30.3 Å². The molecule has 0 aliphatic rings. The molecule has 2 amide bonds. The number of carbonyl (C=O) groups is 2. The van der Waals surface area contributed by atoms with E-state index in [0.29, 0.717) is 17.7 Å². The van der Waals surface area contributed by atoms with Gasteiger partial charge in [0, 0.05) is 11.3 Å². The zero-order valence-electron chi connectivity index (χ0n) is 12.7. The van der Waals surface area contributed by atoms with Gasteiger partial charge in [-0.2, -0.15) is 0 Å². The molecule has 0 unspecified atom stereocenters. The Hall–Kier alpha value is -3.48. The van der Waals surface area contributed by atoms with E-state index < -0.39 is 0 Å². The number of benzene rings is 2. The first-order chi connectivity index (χ1) is 11.7.